The maximum Gasteiger partial charge on any atom is 0.194 e. The van der Waals surface area contributed by atoms with Crippen molar-refractivity contribution in [2.24, 2.45) is 0 Å². The van der Waals surface area contributed by atoms with Crippen LogP contribution in [0.2, 0.25) is 0 Å². The molecule has 32 heavy (non-hydrogen) atoms. The number of ether oxygens (including phenoxy) is 1. The van der Waals surface area contributed by atoms with Gasteiger partial charge < -0.3 is 26.0 Å². The summed E-state index contributed by atoms with van der Waals surface area (Å²) in [5.41, 5.74) is 3.89. The number of phenols is 2. The molecule has 2 heterocycles. The van der Waals surface area contributed by atoms with Gasteiger partial charge in [-0.05, 0) is 27.7 Å². The molecule has 0 saturated carbocycles. The monoisotopic (exact) mass is 436 g/mol. The van der Waals surface area contributed by atoms with Gasteiger partial charge in [-0.1, -0.05) is 0 Å². The second kappa shape index (κ2) is 6.91. The van der Waals surface area contributed by atoms with E-state index in [-0.39, 0.29) is 56.9 Å². The second-order valence-electron chi connectivity index (χ2n) is 7.84. The lowest BCUT2D eigenvalue weighted by Gasteiger charge is -2.29. The van der Waals surface area contributed by atoms with Crippen LogP contribution in [0.25, 0.3) is 0 Å². The van der Waals surface area contributed by atoms with E-state index in [1.165, 1.54) is 40.1 Å². The first-order valence-electron chi connectivity index (χ1n) is 9.62. The van der Waals surface area contributed by atoms with Gasteiger partial charge in [-0.2, -0.15) is 0 Å². The van der Waals surface area contributed by atoms with E-state index in [1.54, 1.807) is 0 Å². The summed E-state index contributed by atoms with van der Waals surface area (Å²) in [6, 6.07) is 0. The van der Waals surface area contributed by atoms with Crippen LogP contribution < -0.4 is 15.8 Å². The number of anilines is 2. The van der Waals surface area contributed by atoms with E-state index in [0.29, 0.717) is 0 Å². The predicted molar refractivity (Wildman–Crippen MR) is 113 cm³/mol. The highest BCUT2D eigenvalue weighted by atomic mass is 16.5. The summed E-state index contributed by atoms with van der Waals surface area (Å²) in [5, 5.41) is 24.1. The number of Topliss-reactive ketones (excluding diaryl/α,β-unsaturated/α-hetero) is 2. The number of aromatic nitrogens is 2. The number of carbonyl (C=O) groups excluding carboxylic acids is 3. The maximum atomic E-state index is 13.7. The molecule has 0 radical (unpaired) electrons. The summed E-state index contributed by atoms with van der Waals surface area (Å²) in [6.07, 6.45) is 3.82. The zero-order valence-corrected chi connectivity index (χ0v) is 17.7. The highest BCUT2D eigenvalue weighted by Gasteiger charge is 2.56. The quantitative estimate of drug-likeness (QED) is 0.318. The van der Waals surface area contributed by atoms with Crippen LogP contribution in [0.1, 0.15) is 42.3 Å². The molecule has 164 valence electrons. The van der Waals surface area contributed by atoms with E-state index in [1.807, 2.05) is 0 Å². The van der Waals surface area contributed by atoms with Crippen molar-refractivity contribution in [2.45, 2.75) is 33.1 Å². The van der Waals surface area contributed by atoms with Crippen molar-refractivity contribution in [1.29, 1.82) is 0 Å². The number of rotatable bonds is 3. The van der Waals surface area contributed by atoms with Crippen molar-refractivity contribution in [2.75, 3.05) is 11.1 Å². The zero-order chi connectivity index (χ0) is 23.5. The first-order chi connectivity index (χ1) is 15.0. The van der Waals surface area contributed by atoms with Crippen molar-refractivity contribution in [3.05, 3.63) is 52.2 Å². The van der Waals surface area contributed by atoms with E-state index in [4.69, 9.17) is 10.5 Å². The Morgan fingerprint density at radius 2 is 1.84 bits per heavy atom. The second-order valence-corrected chi connectivity index (χ2v) is 7.84. The van der Waals surface area contributed by atoms with E-state index in [9.17, 15) is 24.6 Å². The van der Waals surface area contributed by atoms with Gasteiger partial charge >= 0.3 is 0 Å². The highest BCUT2D eigenvalue weighted by Crippen LogP contribution is 2.57. The Kier molecular flexibility index (Phi) is 4.54. The molecule has 0 fully saturated rings. The van der Waals surface area contributed by atoms with Crippen LogP contribution in [0, 0.1) is 6.92 Å². The zero-order valence-electron chi connectivity index (χ0n) is 17.7. The smallest absolute Gasteiger partial charge is 0.194 e. The molecule has 0 spiro atoms. The van der Waals surface area contributed by atoms with Crippen LogP contribution in [0.3, 0.4) is 0 Å². The van der Waals surface area contributed by atoms with Crippen molar-refractivity contribution in [1.82, 2.24) is 9.97 Å². The molecular weight excluding hydrogens is 416 g/mol. The number of ketones is 3. The van der Waals surface area contributed by atoms with Crippen LogP contribution in [0.15, 0.2) is 35.5 Å². The molecule has 4 rings (SSSR count). The fraction of sp³-hybridized carbons (Fsp3) is 0.227. The lowest BCUT2D eigenvalue weighted by Crippen LogP contribution is -2.40. The lowest BCUT2D eigenvalue weighted by molar-refractivity contribution is -0.123. The van der Waals surface area contributed by atoms with E-state index >= 15 is 0 Å². The third-order valence-electron chi connectivity index (χ3n) is 5.75. The molecule has 1 aromatic carbocycles. The molecule has 0 saturated heterocycles. The summed E-state index contributed by atoms with van der Waals surface area (Å²) >= 11 is 0. The van der Waals surface area contributed by atoms with Gasteiger partial charge in [0.25, 0.3) is 0 Å². The molecule has 0 bridgehead atoms. The maximum absolute atomic E-state index is 13.7. The molecule has 2 aromatic rings. The highest BCUT2D eigenvalue weighted by molar-refractivity contribution is 6.31. The molecule has 0 amide bonds. The predicted octanol–water partition coefficient (Wildman–Crippen LogP) is 2.05. The minimum absolute atomic E-state index is 0.0272. The SMILES string of the molecule is CC(=O)c1c(O)c(C)c(O)c2c1OC1=CC(=O)/C(=C(/C)Nc3cnc(N)cn3)C(=O)[C@@]12C. The topological polar surface area (TPSA) is 165 Å². The number of fused-ring (bicyclic) bond motifs is 3. The normalized spacial score (nSPS) is 20.8. The van der Waals surface area contributed by atoms with Crippen molar-refractivity contribution in [3.63, 3.8) is 0 Å². The molecule has 0 unspecified atom stereocenters. The van der Waals surface area contributed by atoms with Crippen molar-refractivity contribution >= 4 is 29.0 Å². The van der Waals surface area contributed by atoms with Gasteiger partial charge in [0.05, 0.1) is 23.5 Å². The van der Waals surface area contributed by atoms with Gasteiger partial charge in [-0.15, -0.1) is 0 Å². The number of nitrogens with zero attached hydrogens (tertiary/aromatic N) is 2. The first kappa shape index (κ1) is 21.0. The number of nitrogens with two attached hydrogens (primary N) is 1. The number of hydrogen-bond donors (Lipinski definition) is 4. The molecular formula is C22H20N4O6. The molecule has 10 nitrogen and oxygen atoms in total. The average molecular weight is 436 g/mol. The molecule has 10 heteroatoms. The lowest BCUT2D eigenvalue weighted by atomic mass is 9.70. The fourth-order valence-electron chi connectivity index (χ4n) is 4.02. The summed E-state index contributed by atoms with van der Waals surface area (Å²) in [4.78, 5) is 46.7. The number of nitrogens with one attached hydrogen (secondary N) is 1. The van der Waals surface area contributed by atoms with Crippen LogP contribution in [-0.4, -0.2) is 37.5 Å². The van der Waals surface area contributed by atoms with Gasteiger partial charge in [0.15, 0.2) is 17.3 Å². The summed E-state index contributed by atoms with van der Waals surface area (Å²) in [6.45, 7) is 5.68. The first-order valence-corrected chi connectivity index (χ1v) is 9.62. The van der Waals surface area contributed by atoms with Gasteiger partial charge in [0, 0.05) is 17.3 Å². The Balaban J connectivity index is 1.91. The molecule has 1 atom stereocenters. The third-order valence-corrected chi connectivity index (χ3v) is 5.75. The number of benzene rings is 1. The van der Waals surface area contributed by atoms with Gasteiger partial charge in [-0.3, -0.25) is 14.4 Å². The molecule has 2 aliphatic rings. The summed E-state index contributed by atoms with van der Waals surface area (Å²) < 4.78 is 5.72. The minimum Gasteiger partial charge on any atom is -0.507 e. The Bertz CT molecular complexity index is 1290. The fourth-order valence-corrected chi connectivity index (χ4v) is 4.02. The van der Waals surface area contributed by atoms with Crippen LogP contribution >= 0.6 is 0 Å². The van der Waals surface area contributed by atoms with E-state index in [0.717, 1.165) is 6.08 Å². The molecule has 1 aliphatic carbocycles. The Labute approximate surface area is 182 Å². The van der Waals surface area contributed by atoms with Crippen molar-refractivity contribution in [3.8, 4) is 17.2 Å². The molecule has 5 N–H and O–H groups in total. The number of carbonyl (C=O) groups is 3. The van der Waals surface area contributed by atoms with E-state index < -0.39 is 28.5 Å². The van der Waals surface area contributed by atoms with Crippen LogP contribution in [-0.2, 0) is 15.0 Å². The van der Waals surface area contributed by atoms with Crippen LogP contribution in [0.4, 0.5) is 11.6 Å². The van der Waals surface area contributed by atoms with Gasteiger partial charge in [0.1, 0.15) is 45.6 Å². The van der Waals surface area contributed by atoms with Crippen molar-refractivity contribution < 1.29 is 29.3 Å². The van der Waals surface area contributed by atoms with Gasteiger partial charge in [0.2, 0.25) is 0 Å². The largest absolute Gasteiger partial charge is 0.507 e. The Morgan fingerprint density at radius 3 is 2.44 bits per heavy atom. The number of hydrogen-bond acceptors (Lipinski definition) is 10. The van der Waals surface area contributed by atoms with E-state index in [2.05, 4.69) is 15.3 Å². The Morgan fingerprint density at radius 1 is 1.16 bits per heavy atom. The number of allylic oxidation sites excluding steroid dienone is 4. The number of phenolic OH excluding ortho intramolecular Hbond substituents is 2. The molecule has 1 aromatic heterocycles. The third kappa shape index (κ3) is 2.76. The number of aromatic hydroxyl groups is 2. The standard InChI is InChI=1S/C22H20N4O6/c1-8-18(29)16(10(3)27)20-17(19(8)30)22(4)12(32-20)5-11(28)15(21(22)31)9(2)26-14-7-24-13(23)6-25-14/h5-7,29-30H,1-4H3,(H2,23,24)(H,25,26)/b15-9+/t22-/m0/s1. The van der Waals surface area contributed by atoms with Crippen LogP contribution in [0.5, 0.6) is 17.2 Å². The Hall–Kier alpha value is -4.21. The number of nitrogen functional groups attached to an aromatic ring is 1. The minimum atomic E-state index is -1.58. The summed E-state index contributed by atoms with van der Waals surface area (Å²) in [7, 11) is 0. The summed E-state index contributed by atoms with van der Waals surface area (Å²) in [5.74, 6) is -2.28. The molecule has 1 aliphatic heterocycles. The average Bonchev–Trinajstić information content (AvgIpc) is 3.01. The van der Waals surface area contributed by atoms with Gasteiger partial charge in [-0.25, -0.2) is 9.97 Å².